The van der Waals surface area contributed by atoms with Crippen LogP contribution in [0.15, 0.2) is 11.6 Å². The first-order valence-corrected chi connectivity index (χ1v) is 14.4. The van der Waals surface area contributed by atoms with Gasteiger partial charge in [0, 0.05) is 24.8 Å². The summed E-state index contributed by atoms with van der Waals surface area (Å²) in [4.78, 5) is 29.6. The van der Waals surface area contributed by atoms with Gasteiger partial charge in [0.2, 0.25) is 0 Å². The van der Waals surface area contributed by atoms with Crippen molar-refractivity contribution in [2.75, 3.05) is 7.05 Å². The second-order valence-corrected chi connectivity index (χ2v) is 15.5. The van der Waals surface area contributed by atoms with E-state index in [9.17, 15) is 20.1 Å². The van der Waals surface area contributed by atoms with Crippen LogP contribution in [0.25, 0.3) is 0 Å². The number of hydrogen-bond donors (Lipinski definition) is 0. The van der Waals surface area contributed by atoms with Crippen LogP contribution >= 0.6 is 0 Å². The van der Waals surface area contributed by atoms with E-state index in [2.05, 4.69) is 46.9 Å². The van der Waals surface area contributed by atoms with Gasteiger partial charge in [-0.05, 0) is 84.4 Å². The van der Waals surface area contributed by atoms with Gasteiger partial charge in [-0.15, -0.1) is 0 Å². The van der Waals surface area contributed by atoms with Crippen molar-refractivity contribution in [1.29, 1.82) is 10.5 Å². The average molecular weight is 504 g/mol. The minimum Gasteiger partial charge on any atom is -0.307 e. The second kappa shape index (κ2) is 7.71. The number of rotatable bonds is 1. The standard InChI is InChI=1S/C32H45N3O2/c1-27(2)11-13-32(35(8)19-34)14-12-31(7)25(21(32)17-27)22(36)15-24-29(5)16-20(18-33)26(37)28(3,4)23(29)9-10-30(24,31)6/h16,21,23-25H,9-15,17H2,1-8H3/t21-,23-,24+,25-,29-,30+,31+,32-/m0/s1. The Labute approximate surface area is 223 Å². The normalized spacial score (nSPS) is 47.7. The zero-order valence-electron chi connectivity index (χ0n) is 24.2. The zero-order chi connectivity index (χ0) is 27.4. The Morgan fingerprint density at radius 2 is 1.54 bits per heavy atom. The van der Waals surface area contributed by atoms with E-state index < -0.39 is 5.41 Å². The molecule has 5 rings (SSSR count). The molecule has 200 valence electrons. The molecule has 0 radical (unpaired) electrons. The predicted octanol–water partition coefficient (Wildman–Crippen LogP) is 6.45. The van der Waals surface area contributed by atoms with Gasteiger partial charge in [0.15, 0.2) is 12.0 Å². The van der Waals surface area contributed by atoms with Gasteiger partial charge in [-0.2, -0.15) is 10.5 Å². The molecule has 37 heavy (non-hydrogen) atoms. The van der Waals surface area contributed by atoms with Crippen molar-refractivity contribution in [2.45, 2.75) is 105 Å². The van der Waals surface area contributed by atoms with Gasteiger partial charge in [-0.3, -0.25) is 9.59 Å². The first-order chi connectivity index (χ1) is 17.0. The molecule has 0 bridgehead atoms. The number of carbonyl (C=O) groups is 2. The summed E-state index contributed by atoms with van der Waals surface area (Å²) in [5.74, 6) is 0.642. The van der Waals surface area contributed by atoms with Crippen LogP contribution in [0.4, 0.5) is 0 Å². The van der Waals surface area contributed by atoms with Crippen LogP contribution in [0.2, 0.25) is 0 Å². The van der Waals surface area contributed by atoms with Crippen LogP contribution in [0.1, 0.15) is 99.8 Å². The third kappa shape index (κ3) is 3.13. The molecule has 0 unspecified atom stereocenters. The Morgan fingerprint density at radius 3 is 2.16 bits per heavy atom. The molecule has 0 aromatic heterocycles. The molecule has 0 N–H and O–H groups in total. The summed E-state index contributed by atoms with van der Waals surface area (Å²) in [5, 5.41) is 19.9. The van der Waals surface area contributed by atoms with Crippen LogP contribution in [-0.4, -0.2) is 29.1 Å². The molecule has 0 aromatic carbocycles. The topological polar surface area (TPSA) is 85.0 Å². The van der Waals surface area contributed by atoms with E-state index in [0.717, 1.165) is 44.9 Å². The van der Waals surface area contributed by atoms with Gasteiger partial charge in [-0.1, -0.05) is 54.5 Å². The summed E-state index contributed by atoms with van der Waals surface area (Å²) in [7, 11) is 1.94. The largest absolute Gasteiger partial charge is 0.307 e. The van der Waals surface area contributed by atoms with Gasteiger partial charge >= 0.3 is 0 Å². The molecular formula is C32H45N3O2. The molecule has 0 amide bonds. The number of nitriles is 2. The lowest BCUT2D eigenvalue weighted by molar-refractivity contribution is -0.221. The SMILES string of the molecule is CN(C#N)[C@]12CCC(C)(C)C[C@H]1[C@H]1C(=O)C[C@@H]3[C@@]4(C)C=C(C#N)C(=O)C(C)(C)[C@@H]4CC[C@@]3(C)[C@]1(C)CC2. The number of carbonyl (C=O) groups excluding carboxylic acids is 2. The minimum absolute atomic E-state index is 0.0428. The second-order valence-electron chi connectivity index (χ2n) is 15.5. The third-order valence-electron chi connectivity index (χ3n) is 13.2. The van der Waals surface area contributed by atoms with Gasteiger partial charge in [0.1, 0.15) is 11.9 Å². The molecule has 5 aliphatic rings. The average Bonchev–Trinajstić information content (AvgIpc) is 2.82. The molecule has 5 heteroatoms. The van der Waals surface area contributed by atoms with Crippen LogP contribution in [0, 0.1) is 73.5 Å². The van der Waals surface area contributed by atoms with E-state index in [1.807, 2.05) is 31.9 Å². The Hall–Kier alpha value is -2.14. The monoisotopic (exact) mass is 503 g/mol. The Kier molecular flexibility index (Phi) is 5.52. The number of nitrogens with zero attached hydrogens (tertiary/aromatic N) is 3. The summed E-state index contributed by atoms with van der Waals surface area (Å²) >= 11 is 0. The van der Waals surface area contributed by atoms with Crippen molar-refractivity contribution in [3.05, 3.63) is 11.6 Å². The lowest BCUT2D eigenvalue weighted by Gasteiger charge is -2.72. The summed E-state index contributed by atoms with van der Waals surface area (Å²) in [6.45, 7) is 15.7. The molecule has 4 saturated carbocycles. The van der Waals surface area contributed by atoms with Crippen LogP contribution in [0.5, 0.6) is 0 Å². The van der Waals surface area contributed by atoms with E-state index in [0.29, 0.717) is 12.2 Å². The molecule has 0 aromatic rings. The van der Waals surface area contributed by atoms with Crippen molar-refractivity contribution in [3.63, 3.8) is 0 Å². The maximum atomic E-state index is 14.5. The van der Waals surface area contributed by atoms with Gasteiger partial charge in [0.05, 0.1) is 11.1 Å². The van der Waals surface area contributed by atoms with Crippen LogP contribution in [0.3, 0.4) is 0 Å². The van der Waals surface area contributed by atoms with Crippen LogP contribution < -0.4 is 0 Å². The number of Topliss-reactive ketones (excluding diaryl/α,β-unsaturated/α-hetero) is 2. The number of fused-ring (bicyclic) bond motifs is 7. The molecule has 5 nitrogen and oxygen atoms in total. The highest BCUT2D eigenvalue weighted by molar-refractivity contribution is 6.04. The maximum absolute atomic E-state index is 14.5. The van der Waals surface area contributed by atoms with Crippen LogP contribution in [-0.2, 0) is 9.59 Å². The first-order valence-electron chi connectivity index (χ1n) is 14.4. The summed E-state index contributed by atoms with van der Waals surface area (Å²) < 4.78 is 0. The first kappa shape index (κ1) is 26.5. The zero-order valence-corrected chi connectivity index (χ0v) is 24.2. The molecule has 0 heterocycles. The lowest BCUT2D eigenvalue weighted by Crippen LogP contribution is -2.71. The Morgan fingerprint density at radius 1 is 0.892 bits per heavy atom. The minimum atomic E-state index is -0.610. The highest BCUT2D eigenvalue weighted by atomic mass is 16.1. The molecule has 8 atom stereocenters. The van der Waals surface area contributed by atoms with Crippen molar-refractivity contribution < 1.29 is 9.59 Å². The fourth-order valence-electron chi connectivity index (χ4n) is 11.0. The van der Waals surface area contributed by atoms with E-state index in [1.165, 1.54) is 0 Å². The van der Waals surface area contributed by atoms with E-state index in [4.69, 9.17) is 0 Å². The van der Waals surface area contributed by atoms with Crippen molar-refractivity contribution in [1.82, 2.24) is 4.90 Å². The maximum Gasteiger partial charge on any atom is 0.179 e. The Balaban J connectivity index is 1.65. The smallest absolute Gasteiger partial charge is 0.179 e. The van der Waals surface area contributed by atoms with Crippen molar-refractivity contribution in [3.8, 4) is 12.3 Å². The molecule has 5 aliphatic carbocycles. The summed E-state index contributed by atoms with van der Waals surface area (Å²) in [6.07, 6.45) is 11.8. The molecule has 0 aliphatic heterocycles. The number of ketones is 2. The van der Waals surface area contributed by atoms with E-state index in [1.54, 1.807) is 0 Å². The third-order valence-corrected chi connectivity index (χ3v) is 13.2. The highest BCUT2D eigenvalue weighted by Crippen LogP contribution is 2.75. The molecule has 0 saturated heterocycles. The Bertz CT molecular complexity index is 1170. The number of hydrogen-bond acceptors (Lipinski definition) is 5. The fraction of sp³-hybridized carbons (Fsp3) is 0.812. The summed E-state index contributed by atoms with van der Waals surface area (Å²) in [5.41, 5.74) is -1.04. The molecule has 0 spiro atoms. The molecular weight excluding hydrogens is 458 g/mol. The highest BCUT2D eigenvalue weighted by Gasteiger charge is 2.72. The van der Waals surface area contributed by atoms with Crippen molar-refractivity contribution >= 4 is 11.6 Å². The summed E-state index contributed by atoms with van der Waals surface area (Å²) in [6, 6.07) is 2.21. The number of allylic oxidation sites excluding steroid dienone is 2. The van der Waals surface area contributed by atoms with Gasteiger partial charge < -0.3 is 4.90 Å². The predicted molar refractivity (Wildman–Crippen MR) is 143 cm³/mol. The quantitative estimate of drug-likeness (QED) is 0.303. The van der Waals surface area contributed by atoms with E-state index >= 15 is 0 Å². The lowest BCUT2D eigenvalue weighted by atomic mass is 9.32. The fourth-order valence-corrected chi connectivity index (χ4v) is 11.0. The van der Waals surface area contributed by atoms with Crippen molar-refractivity contribution in [2.24, 2.45) is 50.7 Å². The van der Waals surface area contributed by atoms with Gasteiger partial charge in [-0.25, -0.2) is 0 Å². The van der Waals surface area contributed by atoms with E-state index in [-0.39, 0.29) is 62.2 Å². The molecule has 4 fully saturated rings. The van der Waals surface area contributed by atoms with Gasteiger partial charge in [0.25, 0.3) is 0 Å².